The second kappa shape index (κ2) is 5.50. The third-order valence-corrected chi connectivity index (χ3v) is 4.17. The van der Waals surface area contributed by atoms with E-state index in [2.05, 4.69) is 33.0 Å². The van der Waals surface area contributed by atoms with E-state index < -0.39 is 0 Å². The van der Waals surface area contributed by atoms with E-state index in [1.165, 1.54) is 5.56 Å². The molecular weight excluding hydrogens is 289 g/mol. The van der Waals surface area contributed by atoms with Gasteiger partial charge in [-0.15, -0.1) is 0 Å². The Labute approximate surface area is 110 Å². The van der Waals surface area contributed by atoms with E-state index >= 15 is 0 Å². The Morgan fingerprint density at radius 3 is 3.00 bits per heavy atom. The van der Waals surface area contributed by atoms with Crippen LogP contribution in [0.25, 0.3) is 0 Å². The van der Waals surface area contributed by atoms with Crippen molar-refractivity contribution in [3.05, 3.63) is 33.3 Å². The zero-order valence-electron chi connectivity index (χ0n) is 9.25. The first kappa shape index (κ1) is 12.4. The van der Waals surface area contributed by atoms with Crippen molar-refractivity contribution in [2.75, 3.05) is 20.2 Å². The summed E-state index contributed by atoms with van der Waals surface area (Å²) in [5.74, 6) is 0. The van der Waals surface area contributed by atoms with E-state index in [4.69, 9.17) is 16.3 Å². The van der Waals surface area contributed by atoms with Gasteiger partial charge in [-0.3, -0.25) is 4.90 Å². The van der Waals surface area contributed by atoms with Crippen molar-refractivity contribution in [2.45, 2.75) is 19.1 Å². The molecule has 0 aliphatic carbocycles. The van der Waals surface area contributed by atoms with Crippen LogP contribution < -0.4 is 0 Å². The summed E-state index contributed by atoms with van der Waals surface area (Å²) in [6.45, 7) is 3.10. The highest BCUT2D eigenvalue weighted by Gasteiger charge is 2.21. The Bertz CT molecular complexity index is 372. The van der Waals surface area contributed by atoms with Crippen molar-refractivity contribution in [3.63, 3.8) is 0 Å². The van der Waals surface area contributed by atoms with Gasteiger partial charge < -0.3 is 4.74 Å². The third-order valence-electron chi connectivity index (χ3n) is 2.95. The van der Waals surface area contributed by atoms with Gasteiger partial charge in [-0.1, -0.05) is 17.7 Å². The number of rotatable bonds is 3. The number of methoxy groups -OCH3 is 1. The quantitative estimate of drug-likeness (QED) is 0.849. The van der Waals surface area contributed by atoms with Gasteiger partial charge in [0, 0.05) is 31.2 Å². The lowest BCUT2D eigenvalue weighted by molar-refractivity contribution is 0.107. The molecule has 0 amide bonds. The Morgan fingerprint density at radius 2 is 2.38 bits per heavy atom. The van der Waals surface area contributed by atoms with E-state index in [9.17, 15) is 0 Å². The third kappa shape index (κ3) is 2.98. The minimum absolute atomic E-state index is 0.399. The normalized spacial score (nSPS) is 21.6. The Balaban J connectivity index is 1.97. The molecule has 0 unspecified atom stereocenters. The van der Waals surface area contributed by atoms with Crippen LogP contribution in [-0.2, 0) is 11.3 Å². The molecule has 0 radical (unpaired) electrons. The molecule has 1 heterocycles. The SMILES string of the molecule is CO[C@@H]1CCN(Cc2ccc(Cl)c(Br)c2)C1. The van der Waals surface area contributed by atoms with Crippen LogP contribution in [0, 0.1) is 0 Å². The van der Waals surface area contributed by atoms with Gasteiger partial charge in [0.05, 0.1) is 11.1 Å². The molecule has 1 aliphatic heterocycles. The molecule has 1 atom stereocenters. The number of ether oxygens (including phenoxy) is 1. The highest BCUT2D eigenvalue weighted by atomic mass is 79.9. The summed E-state index contributed by atoms with van der Waals surface area (Å²) in [5, 5.41) is 0.764. The van der Waals surface area contributed by atoms with E-state index in [0.29, 0.717) is 6.10 Å². The van der Waals surface area contributed by atoms with Gasteiger partial charge >= 0.3 is 0 Å². The minimum Gasteiger partial charge on any atom is -0.380 e. The average molecular weight is 305 g/mol. The van der Waals surface area contributed by atoms with E-state index in [0.717, 1.165) is 35.6 Å². The summed E-state index contributed by atoms with van der Waals surface area (Å²) in [6.07, 6.45) is 1.53. The van der Waals surface area contributed by atoms with Crippen LogP contribution in [0.4, 0.5) is 0 Å². The number of halogens is 2. The van der Waals surface area contributed by atoms with Crippen molar-refractivity contribution in [1.82, 2.24) is 4.90 Å². The summed E-state index contributed by atoms with van der Waals surface area (Å²) in [5.41, 5.74) is 1.29. The molecule has 0 bridgehead atoms. The Hall–Kier alpha value is -0.0900. The predicted octanol–water partition coefficient (Wildman–Crippen LogP) is 3.32. The molecule has 1 saturated heterocycles. The van der Waals surface area contributed by atoms with Crippen LogP contribution in [0.2, 0.25) is 5.02 Å². The van der Waals surface area contributed by atoms with E-state index in [1.807, 2.05) is 6.07 Å². The minimum atomic E-state index is 0.399. The molecule has 2 nitrogen and oxygen atoms in total. The van der Waals surface area contributed by atoms with Crippen molar-refractivity contribution in [1.29, 1.82) is 0 Å². The van der Waals surface area contributed by atoms with Crippen LogP contribution in [0.3, 0.4) is 0 Å². The first-order valence-electron chi connectivity index (χ1n) is 5.38. The highest BCUT2D eigenvalue weighted by molar-refractivity contribution is 9.10. The smallest absolute Gasteiger partial charge is 0.0710 e. The average Bonchev–Trinajstić information content (AvgIpc) is 2.71. The Kier molecular flexibility index (Phi) is 4.25. The van der Waals surface area contributed by atoms with Crippen LogP contribution in [0.5, 0.6) is 0 Å². The standard InChI is InChI=1S/C12H15BrClNO/c1-16-10-4-5-15(8-10)7-9-2-3-12(14)11(13)6-9/h2-3,6,10H,4-5,7-8H2,1H3/t10-/m1/s1. The number of likely N-dealkylation sites (tertiary alicyclic amines) is 1. The fourth-order valence-electron chi connectivity index (χ4n) is 2.03. The topological polar surface area (TPSA) is 12.5 Å². The molecule has 1 fully saturated rings. The summed E-state index contributed by atoms with van der Waals surface area (Å²) >= 11 is 9.41. The second-order valence-corrected chi connectivity index (χ2v) is 5.39. The molecule has 2 rings (SSSR count). The molecule has 1 aromatic rings. The van der Waals surface area contributed by atoms with Crippen LogP contribution >= 0.6 is 27.5 Å². The first-order chi connectivity index (χ1) is 7.69. The van der Waals surface area contributed by atoms with Crippen LogP contribution in [0.1, 0.15) is 12.0 Å². The maximum atomic E-state index is 5.96. The fourth-order valence-corrected chi connectivity index (χ4v) is 2.57. The number of hydrogen-bond donors (Lipinski definition) is 0. The molecule has 0 aromatic heterocycles. The predicted molar refractivity (Wildman–Crippen MR) is 69.8 cm³/mol. The maximum absolute atomic E-state index is 5.96. The highest BCUT2D eigenvalue weighted by Crippen LogP contribution is 2.24. The molecule has 16 heavy (non-hydrogen) atoms. The van der Waals surface area contributed by atoms with E-state index in [1.54, 1.807) is 7.11 Å². The first-order valence-corrected chi connectivity index (χ1v) is 6.55. The van der Waals surface area contributed by atoms with Crippen molar-refractivity contribution >= 4 is 27.5 Å². The lowest BCUT2D eigenvalue weighted by Crippen LogP contribution is -2.22. The maximum Gasteiger partial charge on any atom is 0.0710 e. The summed E-state index contributed by atoms with van der Waals surface area (Å²) in [7, 11) is 1.78. The summed E-state index contributed by atoms with van der Waals surface area (Å²) in [4.78, 5) is 2.41. The van der Waals surface area contributed by atoms with E-state index in [-0.39, 0.29) is 0 Å². The summed E-state index contributed by atoms with van der Waals surface area (Å²) < 4.78 is 6.32. The molecule has 4 heteroatoms. The zero-order valence-corrected chi connectivity index (χ0v) is 11.6. The van der Waals surface area contributed by atoms with Crippen LogP contribution in [0.15, 0.2) is 22.7 Å². The molecule has 1 aliphatic rings. The Morgan fingerprint density at radius 1 is 1.56 bits per heavy atom. The second-order valence-electron chi connectivity index (χ2n) is 4.13. The molecule has 88 valence electrons. The monoisotopic (exact) mass is 303 g/mol. The van der Waals surface area contributed by atoms with Crippen molar-refractivity contribution in [2.24, 2.45) is 0 Å². The number of hydrogen-bond acceptors (Lipinski definition) is 2. The van der Waals surface area contributed by atoms with Gasteiger partial charge in [-0.05, 0) is 40.0 Å². The molecule has 0 spiro atoms. The van der Waals surface area contributed by atoms with Gasteiger partial charge in [-0.2, -0.15) is 0 Å². The lowest BCUT2D eigenvalue weighted by Gasteiger charge is -2.15. The van der Waals surface area contributed by atoms with Gasteiger partial charge in [0.25, 0.3) is 0 Å². The molecular formula is C12H15BrClNO. The number of benzene rings is 1. The largest absolute Gasteiger partial charge is 0.380 e. The summed E-state index contributed by atoms with van der Waals surface area (Å²) in [6, 6.07) is 6.10. The van der Waals surface area contributed by atoms with Gasteiger partial charge in [0.2, 0.25) is 0 Å². The van der Waals surface area contributed by atoms with Crippen molar-refractivity contribution < 1.29 is 4.74 Å². The molecule has 1 aromatic carbocycles. The molecule has 0 saturated carbocycles. The molecule has 0 N–H and O–H groups in total. The lowest BCUT2D eigenvalue weighted by atomic mass is 10.2. The van der Waals surface area contributed by atoms with Crippen molar-refractivity contribution in [3.8, 4) is 0 Å². The zero-order chi connectivity index (χ0) is 11.5. The van der Waals surface area contributed by atoms with Crippen LogP contribution in [-0.4, -0.2) is 31.2 Å². The van der Waals surface area contributed by atoms with Gasteiger partial charge in [0.15, 0.2) is 0 Å². The van der Waals surface area contributed by atoms with Gasteiger partial charge in [-0.25, -0.2) is 0 Å². The van der Waals surface area contributed by atoms with Gasteiger partial charge in [0.1, 0.15) is 0 Å². The number of nitrogens with zero attached hydrogens (tertiary/aromatic N) is 1. The fraction of sp³-hybridized carbons (Fsp3) is 0.500.